The largest absolute Gasteiger partial charge is 0.313 e. The molecule has 2 aliphatic rings. The molecule has 1 aliphatic heterocycles. The number of Topliss-reactive ketones (excluding diaryl/α,β-unsaturated/α-hetero) is 1. The van der Waals surface area contributed by atoms with E-state index in [9.17, 15) is 13.2 Å². The van der Waals surface area contributed by atoms with Crippen molar-refractivity contribution in [3.8, 4) is 0 Å². The molecule has 1 aliphatic carbocycles. The Bertz CT molecular complexity index is 392. The Kier molecular flexibility index (Phi) is 3.82. The average Bonchev–Trinajstić information content (AvgIpc) is 2.27. The van der Waals surface area contributed by atoms with E-state index in [1.54, 1.807) is 0 Å². The predicted molar refractivity (Wildman–Crippen MR) is 63.7 cm³/mol. The molecule has 0 amide bonds. The van der Waals surface area contributed by atoms with Crippen LogP contribution in [-0.2, 0) is 15.0 Å². The van der Waals surface area contributed by atoms with Crippen molar-refractivity contribution in [3.05, 3.63) is 0 Å². The topological polar surface area (TPSA) is 78.5 Å². The van der Waals surface area contributed by atoms with Gasteiger partial charge in [0.1, 0.15) is 0 Å². The summed E-state index contributed by atoms with van der Waals surface area (Å²) in [4.78, 5) is 12.2. The van der Waals surface area contributed by atoms with Gasteiger partial charge in [0.05, 0.1) is 6.04 Å². The van der Waals surface area contributed by atoms with Crippen LogP contribution in [0.15, 0.2) is 0 Å². The molecule has 0 aromatic rings. The van der Waals surface area contributed by atoms with Gasteiger partial charge in [0.15, 0.2) is 5.78 Å². The first-order valence-corrected chi connectivity index (χ1v) is 7.45. The summed E-state index contributed by atoms with van der Waals surface area (Å²) in [5.41, 5.74) is 0. The first kappa shape index (κ1) is 12.9. The molecular formula is C10H19N3O3S. The van der Waals surface area contributed by atoms with Gasteiger partial charge in [0.25, 0.3) is 10.2 Å². The van der Waals surface area contributed by atoms with E-state index < -0.39 is 16.3 Å². The predicted octanol–water partition coefficient (Wildman–Crippen LogP) is -0.906. The van der Waals surface area contributed by atoms with E-state index in [0.29, 0.717) is 19.6 Å². The number of piperazine rings is 1. The third-order valence-electron chi connectivity index (χ3n) is 3.60. The maximum atomic E-state index is 12.2. The number of carbonyl (C=O) groups excluding carboxylic acids is 1. The summed E-state index contributed by atoms with van der Waals surface area (Å²) in [6.45, 7) is 1.37. The molecular weight excluding hydrogens is 242 g/mol. The molecule has 17 heavy (non-hydrogen) atoms. The van der Waals surface area contributed by atoms with Crippen molar-refractivity contribution in [2.45, 2.75) is 25.3 Å². The van der Waals surface area contributed by atoms with Crippen molar-refractivity contribution in [2.24, 2.45) is 5.92 Å². The minimum absolute atomic E-state index is 0.0643. The van der Waals surface area contributed by atoms with E-state index in [1.165, 1.54) is 11.4 Å². The number of rotatable bonds is 4. The number of nitrogens with one attached hydrogen (secondary N) is 2. The second-order valence-electron chi connectivity index (χ2n) is 4.57. The Morgan fingerprint density at radius 2 is 2.12 bits per heavy atom. The fourth-order valence-corrected chi connectivity index (χ4v) is 3.38. The monoisotopic (exact) mass is 261 g/mol. The lowest BCUT2D eigenvalue weighted by molar-refractivity contribution is -0.129. The van der Waals surface area contributed by atoms with Gasteiger partial charge in [0, 0.05) is 32.6 Å². The van der Waals surface area contributed by atoms with Gasteiger partial charge in [-0.3, -0.25) is 4.79 Å². The number of hydrogen-bond acceptors (Lipinski definition) is 4. The molecule has 0 spiro atoms. The summed E-state index contributed by atoms with van der Waals surface area (Å²) < 4.78 is 27.3. The Labute approximate surface area is 102 Å². The molecule has 7 heteroatoms. The van der Waals surface area contributed by atoms with Crippen molar-refractivity contribution in [1.29, 1.82) is 0 Å². The summed E-state index contributed by atoms with van der Waals surface area (Å²) in [7, 11) is -2.13. The summed E-state index contributed by atoms with van der Waals surface area (Å²) in [5.74, 6) is 0.136. The first-order valence-electron chi connectivity index (χ1n) is 6.01. The van der Waals surface area contributed by atoms with Crippen LogP contribution in [-0.4, -0.2) is 51.2 Å². The standard InChI is InChI=1S/C10H19N3O3S/c1-11-17(15,16)13-6-5-12-7-9(13)10(14)8-3-2-4-8/h8-9,11-12H,2-7H2,1H3. The molecule has 1 heterocycles. The van der Waals surface area contributed by atoms with Gasteiger partial charge in [-0.2, -0.15) is 12.7 Å². The van der Waals surface area contributed by atoms with Crippen LogP contribution in [0.1, 0.15) is 19.3 Å². The Balaban J connectivity index is 2.14. The van der Waals surface area contributed by atoms with E-state index in [-0.39, 0.29) is 11.7 Å². The number of ketones is 1. The highest BCUT2D eigenvalue weighted by atomic mass is 32.2. The fourth-order valence-electron chi connectivity index (χ4n) is 2.30. The van der Waals surface area contributed by atoms with Gasteiger partial charge in [0.2, 0.25) is 0 Å². The Morgan fingerprint density at radius 1 is 1.41 bits per heavy atom. The molecule has 2 N–H and O–H groups in total. The minimum Gasteiger partial charge on any atom is -0.313 e. The quantitative estimate of drug-likeness (QED) is 0.687. The minimum atomic E-state index is -3.51. The normalized spacial score (nSPS) is 27.7. The second-order valence-corrected chi connectivity index (χ2v) is 6.40. The highest BCUT2D eigenvalue weighted by Crippen LogP contribution is 2.29. The third kappa shape index (κ3) is 2.52. The molecule has 1 saturated carbocycles. The smallest absolute Gasteiger partial charge is 0.279 e. The Morgan fingerprint density at radius 3 is 2.65 bits per heavy atom. The average molecular weight is 261 g/mol. The summed E-state index contributed by atoms with van der Waals surface area (Å²) in [6.07, 6.45) is 2.89. The van der Waals surface area contributed by atoms with Crippen LogP contribution < -0.4 is 10.0 Å². The van der Waals surface area contributed by atoms with Crippen LogP contribution in [0.4, 0.5) is 0 Å². The van der Waals surface area contributed by atoms with Gasteiger partial charge >= 0.3 is 0 Å². The molecule has 2 rings (SSSR count). The number of hydrogen-bond donors (Lipinski definition) is 2. The molecule has 1 unspecified atom stereocenters. The van der Waals surface area contributed by atoms with Crippen LogP contribution in [0.2, 0.25) is 0 Å². The van der Waals surface area contributed by atoms with E-state index in [0.717, 1.165) is 19.3 Å². The molecule has 1 saturated heterocycles. The highest BCUT2D eigenvalue weighted by Gasteiger charge is 2.40. The zero-order valence-corrected chi connectivity index (χ0v) is 10.8. The van der Waals surface area contributed by atoms with Gasteiger partial charge in [-0.15, -0.1) is 0 Å². The number of carbonyl (C=O) groups is 1. The third-order valence-corrected chi connectivity index (χ3v) is 5.17. The molecule has 2 fully saturated rings. The van der Waals surface area contributed by atoms with E-state index in [1.807, 2.05) is 0 Å². The maximum Gasteiger partial charge on any atom is 0.279 e. The first-order chi connectivity index (χ1) is 8.06. The molecule has 1 atom stereocenters. The molecule has 0 aromatic carbocycles. The lowest BCUT2D eigenvalue weighted by Gasteiger charge is -2.37. The van der Waals surface area contributed by atoms with Gasteiger partial charge in [-0.25, -0.2) is 4.72 Å². The van der Waals surface area contributed by atoms with Crippen LogP contribution in [0.25, 0.3) is 0 Å². The fraction of sp³-hybridized carbons (Fsp3) is 0.900. The molecule has 98 valence electrons. The SMILES string of the molecule is CNS(=O)(=O)N1CCNCC1C(=O)C1CCC1. The summed E-state index contributed by atoms with van der Waals surface area (Å²) >= 11 is 0. The molecule has 6 nitrogen and oxygen atoms in total. The van der Waals surface area contributed by atoms with Gasteiger partial charge < -0.3 is 5.32 Å². The van der Waals surface area contributed by atoms with E-state index in [2.05, 4.69) is 10.0 Å². The van der Waals surface area contributed by atoms with E-state index >= 15 is 0 Å². The number of nitrogens with zero attached hydrogens (tertiary/aromatic N) is 1. The lowest BCUT2D eigenvalue weighted by atomic mass is 9.79. The van der Waals surface area contributed by atoms with Gasteiger partial charge in [-0.1, -0.05) is 6.42 Å². The summed E-state index contributed by atoms with van der Waals surface area (Å²) in [6, 6.07) is -0.536. The second kappa shape index (κ2) is 5.01. The van der Waals surface area contributed by atoms with Crippen molar-refractivity contribution < 1.29 is 13.2 Å². The Hall–Kier alpha value is -0.500. The maximum absolute atomic E-state index is 12.2. The van der Waals surface area contributed by atoms with Gasteiger partial charge in [-0.05, 0) is 12.8 Å². The van der Waals surface area contributed by atoms with Crippen LogP contribution >= 0.6 is 0 Å². The summed E-state index contributed by atoms with van der Waals surface area (Å²) in [5, 5.41) is 3.09. The highest BCUT2D eigenvalue weighted by molar-refractivity contribution is 7.87. The van der Waals surface area contributed by atoms with Crippen molar-refractivity contribution in [3.63, 3.8) is 0 Å². The van der Waals surface area contributed by atoms with Crippen LogP contribution in [0, 0.1) is 5.92 Å². The molecule has 0 aromatic heterocycles. The van der Waals surface area contributed by atoms with Crippen LogP contribution in [0.5, 0.6) is 0 Å². The lowest BCUT2D eigenvalue weighted by Crippen LogP contribution is -2.60. The molecule has 0 radical (unpaired) electrons. The zero-order valence-electron chi connectivity index (χ0n) is 9.98. The van der Waals surface area contributed by atoms with Crippen molar-refractivity contribution in [1.82, 2.24) is 14.3 Å². The van der Waals surface area contributed by atoms with Crippen LogP contribution in [0.3, 0.4) is 0 Å². The van der Waals surface area contributed by atoms with Crippen molar-refractivity contribution >= 4 is 16.0 Å². The molecule has 0 bridgehead atoms. The zero-order chi connectivity index (χ0) is 12.5. The van der Waals surface area contributed by atoms with Crippen molar-refractivity contribution in [2.75, 3.05) is 26.7 Å². The van der Waals surface area contributed by atoms with E-state index in [4.69, 9.17) is 0 Å².